The summed E-state index contributed by atoms with van der Waals surface area (Å²) in [6.07, 6.45) is 0. The molecule has 0 saturated heterocycles. The third-order valence-electron chi connectivity index (χ3n) is 3.87. The third kappa shape index (κ3) is 4.00. The number of carbonyl (C=O) groups is 1. The second kappa shape index (κ2) is 8.20. The van der Waals surface area contributed by atoms with Gasteiger partial charge in [0.15, 0.2) is 11.6 Å². The predicted molar refractivity (Wildman–Crippen MR) is 87.2 cm³/mol. The van der Waals surface area contributed by atoms with E-state index in [9.17, 15) is 44.3 Å². The molecular weight excluding hydrogens is 445 g/mol. The van der Waals surface area contributed by atoms with Crippen molar-refractivity contribution in [2.75, 3.05) is 5.32 Å². The van der Waals surface area contributed by atoms with Crippen molar-refractivity contribution in [3.8, 4) is 5.75 Å². The van der Waals surface area contributed by atoms with Crippen LogP contribution in [-0.2, 0) is 0 Å². The summed E-state index contributed by atoms with van der Waals surface area (Å²) in [6.45, 7) is 0. The van der Waals surface area contributed by atoms with Gasteiger partial charge in [0.2, 0.25) is 34.8 Å². The molecule has 12 heteroatoms. The minimum absolute atomic E-state index is 0.367. The van der Waals surface area contributed by atoms with Crippen LogP contribution >= 0.6 is 0 Å². The fourth-order valence-electron chi connectivity index (χ4n) is 2.39. The number of ether oxygens (including phenoxy) is 1. The van der Waals surface area contributed by atoms with Crippen molar-refractivity contribution in [1.82, 2.24) is 0 Å². The zero-order valence-corrected chi connectivity index (χ0v) is 14.6. The summed E-state index contributed by atoms with van der Waals surface area (Å²) < 4.78 is 126. The van der Waals surface area contributed by atoms with E-state index in [1.165, 1.54) is 0 Å². The van der Waals surface area contributed by atoms with Crippen molar-refractivity contribution in [3.05, 3.63) is 88.3 Å². The predicted octanol–water partition coefficient (Wildman–Crippen LogP) is 5.90. The highest BCUT2D eigenvalue weighted by atomic mass is 19.2. The van der Waals surface area contributed by atoms with E-state index in [4.69, 9.17) is 0 Å². The summed E-state index contributed by atoms with van der Waals surface area (Å²) in [4.78, 5) is 12.3. The summed E-state index contributed by atoms with van der Waals surface area (Å²) in [6, 6.07) is 2.78. The third-order valence-corrected chi connectivity index (χ3v) is 3.87. The molecule has 0 spiro atoms. The molecule has 0 aliphatic rings. The lowest BCUT2D eigenvalue weighted by Crippen LogP contribution is -2.16. The van der Waals surface area contributed by atoms with Gasteiger partial charge in [-0.05, 0) is 24.3 Å². The number of anilines is 2. The van der Waals surface area contributed by atoms with Crippen LogP contribution < -0.4 is 10.1 Å². The van der Waals surface area contributed by atoms with Gasteiger partial charge in [-0.25, -0.2) is 35.5 Å². The van der Waals surface area contributed by atoms with Gasteiger partial charge >= 0.3 is 5.97 Å². The SMILES string of the molecule is O=C(Oc1c(F)c(F)c(F)c(F)c1F)c1ccc(F)c(F)c1Nc1ccc(F)cc1F. The van der Waals surface area contributed by atoms with Crippen molar-refractivity contribution >= 4 is 17.3 Å². The summed E-state index contributed by atoms with van der Waals surface area (Å²) in [5.41, 5.74) is -2.76. The van der Waals surface area contributed by atoms with E-state index in [0.717, 1.165) is 12.1 Å². The minimum atomic E-state index is -2.52. The molecule has 31 heavy (non-hydrogen) atoms. The van der Waals surface area contributed by atoms with Crippen LogP contribution in [0.5, 0.6) is 5.75 Å². The maximum absolute atomic E-state index is 14.2. The van der Waals surface area contributed by atoms with Crippen molar-refractivity contribution in [1.29, 1.82) is 0 Å². The summed E-state index contributed by atoms with van der Waals surface area (Å²) in [5, 5.41) is 1.95. The Kier molecular flexibility index (Phi) is 5.82. The molecule has 0 unspecified atom stereocenters. The Bertz CT molecular complexity index is 1180. The molecule has 0 saturated carbocycles. The van der Waals surface area contributed by atoms with Crippen LogP contribution in [0, 0.1) is 52.4 Å². The molecule has 0 aliphatic heterocycles. The maximum atomic E-state index is 14.2. The second-order valence-corrected chi connectivity index (χ2v) is 5.82. The number of hydrogen-bond donors (Lipinski definition) is 1. The summed E-state index contributed by atoms with van der Waals surface area (Å²) in [7, 11) is 0. The molecule has 0 aliphatic carbocycles. The Morgan fingerprint density at radius 3 is 1.84 bits per heavy atom. The van der Waals surface area contributed by atoms with E-state index in [-0.39, 0.29) is 0 Å². The van der Waals surface area contributed by atoms with E-state index in [2.05, 4.69) is 4.74 Å². The molecule has 3 nitrogen and oxygen atoms in total. The first kappa shape index (κ1) is 22.0. The fourth-order valence-corrected chi connectivity index (χ4v) is 2.39. The molecule has 0 radical (unpaired) electrons. The smallest absolute Gasteiger partial charge is 0.345 e. The Hall–Kier alpha value is -3.70. The average Bonchev–Trinajstić information content (AvgIpc) is 2.73. The highest BCUT2D eigenvalue weighted by Gasteiger charge is 2.30. The molecule has 1 N–H and O–H groups in total. The van der Waals surface area contributed by atoms with Gasteiger partial charge in [-0.3, -0.25) is 0 Å². The normalized spacial score (nSPS) is 10.9. The van der Waals surface area contributed by atoms with Crippen LogP contribution in [0.3, 0.4) is 0 Å². The lowest BCUT2D eigenvalue weighted by Gasteiger charge is -2.14. The van der Waals surface area contributed by atoms with Crippen molar-refractivity contribution in [2.45, 2.75) is 0 Å². The Morgan fingerprint density at radius 1 is 0.677 bits per heavy atom. The molecule has 0 atom stereocenters. The van der Waals surface area contributed by atoms with E-state index in [0.29, 0.717) is 18.2 Å². The van der Waals surface area contributed by atoms with E-state index in [1.54, 1.807) is 0 Å². The first-order chi connectivity index (χ1) is 14.5. The molecule has 3 aromatic carbocycles. The van der Waals surface area contributed by atoms with Gasteiger partial charge in [-0.1, -0.05) is 0 Å². The molecule has 0 amide bonds. The highest BCUT2D eigenvalue weighted by molar-refractivity contribution is 5.98. The second-order valence-electron chi connectivity index (χ2n) is 5.82. The molecule has 3 aromatic rings. The average molecular weight is 451 g/mol. The van der Waals surface area contributed by atoms with Crippen molar-refractivity contribution in [3.63, 3.8) is 0 Å². The minimum Gasteiger partial charge on any atom is -0.416 e. The fraction of sp³-hybridized carbons (Fsp3) is 0. The van der Waals surface area contributed by atoms with E-state index >= 15 is 0 Å². The zero-order chi connectivity index (χ0) is 23.0. The van der Waals surface area contributed by atoms with Gasteiger partial charge in [0.1, 0.15) is 11.6 Å². The number of esters is 1. The quantitative estimate of drug-likeness (QED) is 0.177. The van der Waals surface area contributed by atoms with Crippen LogP contribution in [0.25, 0.3) is 0 Å². The Labute approximate surface area is 166 Å². The van der Waals surface area contributed by atoms with Crippen LogP contribution in [-0.4, -0.2) is 5.97 Å². The monoisotopic (exact) mass is 451 g/mol. The summed E-state index contributed by atoms with van der Waals surface area (Å²) in [5.74, 6) is -21.9. The first-order valence-corrected chi connectivity index (χ1v) is 7.96. The number of carbonyl (C=O) groups excluding carboxylic acids is 1. The van der Waals surface area contributed by atoms with Crippen molar-refractivity contribution < 1.29 is 49.0 Å². The lowest BCUT2D eigenvalue weighted by molar-refractivity contribution is 0.0716. The van der Waals surface area contributed by atoms with Crippen LogP contribution in [0.1, 0.15) is 10.4 Å². The largest absolute Gasteiger partial charge is 0.416 e. The highest BCUT2D eigenvalue weighted by Crippen LogP contribution is 2.32. The molecule has 0 fully saturated rings. The van der Waals surface area contributed by atoms with Gasteiger partial charge in [-0.2, -0.15) is 8.78 Å². The van der Waals surface area contributed by atoms with Gasteiger partial charge < -0.3 is 10.1 Å². The van der Waals surface area contributed by atoms with Gasteiger partial charge in [-0.15, -0.1) is 0 Å². The van der Waals surface area contributed by atoms with Crippen LogP contribution in [0.15, 0.2) is 30.3 Å². The van der Waals surface area contributed by atoms with Crippen molar-refractivity contribution in [2.24, 2.45) is 0 Å². The zero-order valence-electron chi connectivity index (χ0n) is 14.6. The Balaban J connectivity index is 2.06. The Morgan fingerprint density at radius 2 is 1.26 bits per heavy atom. The van der Waals surface area contributed by atoms with Gasteiger partial charge in [0.25, 0.3) is 0 Å². The molecular formula is C19H6F9NO2. The van der Waals surface area contributed by atoms with Gasteiger partial charge in [0, 0.05) is 6.07 Å². The van der Waals surface area contributed by atoms with Crippen LogP contribution in [0.4, 0.5) is 50.9 Å². The van der Waals surface area contributed by atoms with Crippen LogP contribution in [0.2, 0.25) is 0 Å². The summed E-state index contributed by atoms with van der Waals surface area (Å²) >= 11 is 0. The molecule has 0 aromatic heterocycles. The standard InChI is InChI=1S/C19H6F9NO2/c20-6-1-4-10(9(22)5-6)29-17-7(2-3-8(21)11(17)23)19(30)31-18-15(27)13(25)12(24)14(26)16(18)28/h1-5,29H. The first-order valence-electron chi connectivity index (χ1n) is 7.96. The van der Waals surface area contributed by atoms with E-state index in [1.807, 2.05) is 5.32 Å². The topological polar surface area (TPSA) is 38.3 Å². The number of hydrogen-bond acceptors (Lipinski definition) is 3. The molecule has 3 rings (SSSR count). The number of nitrogens with one attached hydrogen (secondary N) is 1. The van der Waals surface area contributed by atoms with Gasteiger partial charge in [0.05, 0.1) is 16.9 Å². The maximum Gasteiger partial charge on any atom is 0.345 e. The number of benzene rings is 3. The molecule has 0 heterocycles. The lowest BCUT2D eigenvalue weighted by atomic mass is 10.1. The molecule has 0 bridgehead atoms. The number of rotatable bonds is 4. The number of halogens is 9. The molecule has 162 valence electrons. The van der Waals surface area contributed by atoms with E-state index < -0.39 is 81.0 Å².